The van der Waals surface area contributed by atoms with Gasteiger partial charge < -0.3 is 14.9 Å². The number of hydrogen-bond donors (Lipinski definition) is 3. The Hall–Kier alpha value is -1.18. The van der Waals surface area contributed by atoms with Crippen molar-refractivity contribution in [1.29, 1.82) is 0 Å². The Morgan fingerprint density at radius 1 is 1.44 bits per heavy atom. The van der Waals surface area contributed by atoms with Gasteiger partial charge in [-0.2, -0.15) is 5.43 Å². The summed E-state index contributed by atoms with van der Waals surface area (Å²) in [6.45, 7) is 1.93. The van der Waals surface area contributed by atoms with E-state index < -0.39 is 17.9 Å². The highest BCUT2D eigenvalue weighted by Gasteiger charge is 2.53. The van der Waals surface area contributed by atoms with Crippen molar-refractivity contribution in [3.05, 3.63) is 29.3 Å². The van der Waals surface area contributed by atoms with Crippen LogP contribution in [0, 0.1) is 0 Å². The first-order chi connectivity index (χ1) is 8.46. The van der Waals surface area contributed by atoms with Crippen LogP contribution in [-0.2, 0) is 9.53 Å². The number of amides is 1. The number of nitrogens with one attached hydrogen (secondary N) is 1. The number of rotatable bonds is 3. The number of halogens is 1. The highest BCUT2D eigenvalue weighted by Crippen LogP contribution is 2.26. The fourth-order valence-corrected chi connectivity index (χ4v) is 1.77. The molecule has 98 valence electrons. The third-order valence-electron chi connectivity index (χ3n) is 2.55. The minimum atomic E-state index is -2.59. The van der Waals surface area contributed by atoms with Gasteiger partial charge in [0.15, 0.2) is 6.23 Å². The lowest BCUT2D eigenvalue weighted by atomic mass is 10.2. The fraction of sp³-hybridized carbons (Fsp3) is 0.364. The molecule has 0 aromatic heterocycles. The number of aliphatic hydroxyl groups is 2. The molecule has 1 fully saturated rings. The maximum absolute atomic E-state index is 11.8. The number of carbonyl (C=O) groups is 1. The minimum absolute atomic E-state index is 0.238. The first kappa shape index (κ1) is 13.3. The molecule has 1 aromatic rings. The van der Waals surface area contributed by atoms with Crippen LogP contribution in [0.1, 0.15) is 6.92 Å². The molecule has 6 nitrogen and oxygen atoms in total. The Balaban J connectivity index is 2.26. The Morgan fingerprint density at radius 2 is 2.06 bits per heavy atom. The largest absolute Gasteiger partial charge is 0.356 e. The van der Waals surface area contributed by atoms with E-state index in [1.807, 2.05) is 0 Å². The molecule has 18 heavy (non-hydrogen) atoms. The molecule has 0 radical (unpaired) electrons. The molecule has 1 heterocycles. The van der Waals surface area contributed by atoms with E-state index in [-0.39, 0.29) is 6.61 Å². The molecular weight excluding hydrogens is 260 g/mol. The Bertz CT molecular complexity index is 449. The lowest BCUT2D eigenvalue weighted by molar-refractivity contribution is -0.219. The molecule has 1 aliphatic rings. The van der Waals surface area contributed by atoms with E-state index in [1.54, 1.807) is 31.2 Å². The molecule has 0 spiro atoms. The number of carbonyl (C=O) groups excluding carboxylic acids is 1. The molecule has 0 saturated carbocycles. The highest BCUT2D eigenvalue weighted by molar-refractivity contribution is 6.30. The summed E-state index contributed by atoms with van der Waals surface area (Å²) in [5, 5.41) is 20.9. The van der Waals surface area contributed by atoms with Gasteiger partial charge >= 0.3 is 5.91 Å². The van der Waals surface area contributed by atoms with E-state index in [0.717, 1.165) is 5.01 Å². The highest BCUT2D eigenvalue weighted by atomic mass is 35.5. The number of hydrazine groups is 1. The third kappa shape index (κ3) is 2.21. The fourth-order valence-electron chi connectivity index (χ4n) is 1.64. The summed E-state index contributed by atoms with van der Waals surface area (Å²) in [6.07, 6.45) is -1.20. The molecule has 7 heteroatoms. The zero-order chi connectivity index (χ0) is 13.3. The topological polar surface area (TPSA) is 82.0 Å². The molecule has 0 bridgehead atoms. The first-order valence-electron chi connectivity index (χ1n) is 5.39. The summed E-state index contributed by atoms with van der Waals surface area (Å²) in [5.41, 5.74) is 3.03. The standard InChI is InChI=1S/C11H13ClN2O4/c1-2-18-9-11(16,17)10(15)14(13-9)8-5-3-7(12)4-6-8/h3-6,9,13,16-17H,2H2,1H3. The SMILES string of the molecule is CCOC1NN(c2ccc(Cl)cc2)C(=O)C1(O)O. The average molecular weight is 273 g/mol. The van der Waals surface area contributed by atoms with Gasteiger partial charge in [-0.25, -0.2) is 5.01 Å². The normalized spacial score (nSPS) is 22.6. The van der Waals surface area contributed by atoms with Crippen LogP contribution >= 0.6 is 11.6 Å². The first-order valence-corrected chi connectivity index (χ1v) is 5.77. The maximum Gasteiger partial charge on any atom is 0.305 e. The van der Waals surface area contributed by atoms with Crippen LogP contribution in [0.2, 0.25) is 5.02 Å². The van der Waals surface area contributed by atoms with Gasteiger partial charge in [0.25, 0.3) is 5.79 Å². The number of hydrogen-bond acceptors (Lipinski definition) is 5. The summed E-state index contributed by atoms with van der Waals surface area (Å²) in [5.74, 6) is -3.49. The van der Waals surface area contributed by atoms with Crippen LogP contribution in [0.25, 0.3) is 0 Å². The van der Waals surface area contributed by atoms with E-state index in [9.17, 15) is 15.0 Å². The van der Waals surface area contributed by atoms with E-state index in [4.69, 9.17) is 16.3 Å². The number of anilines is 1. The van der Waals surface area contributed by atoms with Gasteiger partial charge in [-0.05, 0) is 31.2 Å². The molecule has 1 unspecified atom stereocenters. The van der Waals surface area contributed by atoms with Gasteiger partial charge in [0, 0.05) is 11.6 Å². The minimum Gasteiger partial charge on any atom is -0.356 e. The van der Waals surface area contributed by atoms with E-state index >= 15 is 0 Å². The predicted octanol–water partition coefficient (Wildman–Crippen LogP) is 0.235. The van der Waals surface area contributed by atoms with E-state index in [2.05, 4.69) is 5.43 Å². The van der Waals surface area contributed by atoms with Crippen LogP contribution in [-0.4, -0.2) is 34.7 Å². The van der Waals surface area contributed by atoms with Crippen molar-refractivity contribution in [3.63, 3.8) is 0 Å². The second-order valence-corrected chi connectivity index (χ2v) is 4.24. The van der Waals surface area contributed by atoms with Gasteiger partial charge in [-0.3, -0.25) is 4.79 Å². The number of benzene rings is 1. The summed E-state index contributed by atoms with van der Waals surface area (Å²) < 4.78 is 5.06. The smallest absolute Gasteiger partial charge is 0.305 e. The maximum atomic E-state index is 11.8. The Labute approximate surface area is 109 Å². The van der Waals surface area contributed by atoms with Crippen molar-refractivity contribution in [3.8, 4) is 0 Å². The van der Waals surface area contributed by atoms with Crippen molar-refractivity contribution >= 4 is 23.2 Å². The second kappa shape index (κ2) is 4.83. The zero-order valence-electron chi connectivity index (χ0n) is 9.63. The molecule has 1 aromatic carbocycles. The summed E-state index contributed by atoms with van der Waals surface area (Å²) in [7, 11) is 0. The Morgan fingerprint density at radius 3 is 2.61 bits per heavy atom. The third-order valence-corrected chi connectivity index (χ3v) is 2.80. The zero-order valence-corrected chi connectivity index (χ0v) is 10.4. The quantitative estimate of drug-likeness (QED) is 0.687. The van der Waals surface area contributed by atoms with Gasteiger partial charge in [0.2, 0.25) is 0 Å². The number of ether oxygens (including phenoxy) is 1. The molecule has 3 N–H and O–H groups in total. The Kier molecular flexibility index (Phi) is 3.56. The molecule has 1 amide bonds. The second-order valence-electron chi connectivity index (χ2n) is 3.81. The van der Waals surface area contributed by atoms with Crippen LogP contribution in [0.15, 0.2) is 24.3 Å². The molecule has 1 atom stereocenters. The van der Waals surface area contributed by atoms with E-state index in [1.165, 1.54) is 0 Å². The summed E-state index contributed by atoms with van der Waals surface area (Å²) in [4.78, 5) is 11.8. The van der Waals surface area contributed by atoms with Crippen molar-refractivity contribution < 1.29 is 19.7 Å². The van der Waals surface area contributed by atoms with Crippen molar-refractivity contribution in [2.75, 3.05) is 11.6 Å². The summed E-state index contributed by atoms with van der Waals surface area (Å²) >= 11 is 5.74. The average Bonchev–Trinajstić information content (AvgIpc) is 2.55. The molecular formula is C11H13ClN2O4. The monoisotopic (exact) mass is 272 g/mol. The van der Waals surface area contributed by atoms with Gasteiger partial charge in [-0.1, -0.05) is 11.6 Å². The molecule has 2 rings (SSSR count). The molecule has 1 aliphatic heterocycles. The van der Waals surface area contributed by atoms with Crippen molar-refractivity contribution in [1.82, 2.24) is 5.43 Å². The lowest BCUT2D eigenvalue weighted by Gasteiger charge is -2.18. The van der Waals surface area contributed by atoms with Gasteiger partial charge in [-0.15, -0.1) is 0 Å². The summed E-state index contributed by atoms with van der Waals surface area (Å²) in [6, 6.07) is 6.35. The van der Waals surface area contributed by atoms with Crippen LogP contribution in [0.4, 0.5) is 5.69 Å². The van der Waals surface area contributed by atoms with Crippen molar-refractivity contribution in [2.24, 2.45) is 0 Å². The lowest BCUT2D eigenvalue weighted by Crippen LogP contribution is -2.48. The van der Waals surface area contributed by atoms with Crippen LogP contribution in [0.5, 0.6) is 0 Å². The van der Waals surface area contributed by atoms with Crippen LogP contribution < -0.4 is 10.4 Å². The van der Waals surface area contributed by atoms with Crippen molar-refractivity contribution in [2.45, 2.75) is 18.9 Å². The van der Waals surface area contributed by atoms with Crippen LogP contribution in [0.3, 0.4) is 0 Å². The molecule has 1 saturated heterocycles. The van der Waals surface area contributed by atoms with Gasteiger partial charge in [0.05, 0.1) is 5.69 Å². The molecule has 0 aliphatic carbocycles. The number of nitrogens with zero attached hydrogens (tertiary/aromatic N) is 1. The predicted molar refractivity (Wildman–Crippen MR) is 64.7 cm³/mol. The van der Waals surface area contributed by atoms with Gasteiger partial charge in [0.1, 0.15) is 0 Å². The van der Waals surface area contributed by atoms with E-state index in [0.29, 0.717) is 10.7 Å².